The molecule has 0 aromatic heterocycles. The predicted octanol–water partition coefficient (Wildman–Crippen LogP) is 16.3. The topological polar surface area (TPSA) is 89.8 Å². The third kappa shape index (κ3) is 46.4. The highest BCUT2D eigenvalue weighted by Crippen LogP contribution is 2.18. The molecule has 0 bridgehead atoms. The summed E-state index contributed by atoms with van der Waals surface area (Å²) in [5.74, 6) is -0.308. The van der Waals surface area contributed by atoms with Crippen molar-refractivity contribution in [2.45, 2.75) is 321 Å². The van der Waals surface area contributed by atoms with Crippen LogP contribution in [0.5, 0.6) is 0 Å². The number of carbonyl (C=O) groups excluding carboxylic acids is 1. The predicted molar refractivity (Wildman–Crippen MR) is 259 cm³/mol. The molecule has 0 spiro atoms. The van der Waals surface area contributed by atoms with Gasteiger partial charge in [-0.25, -0.2) is 0 Å². The lowest BCUT2D eigenvalue weighted by molar-refractivity contribution is -0.124. The number of aliphatic hydroxyl groups is 3. The second-order valence-corrected chi connectivity index (χ2v) is 18.9. The maximum atomic E-state index is 12.5. The van der Waals surface area contributed by atoms with E-state index in [0.29, 0.717) is 6.42 Å². The normalized spacial score (nSPS) is 13.4. The number of allylic oxidation sites excluding steroid dienone is 1. The molecule has 0 aliphatic heterocycles. The minimum absolute atomic E-state index is 0.0194. The van der Waals surface area contributed by atoms with Crippen LogP contribution in [0.4, 0.5) is 0 Å². The van der Waals surface area contributed by atoms with Gasteiger partial charge in [-0.05, 0) is 19.3 Å². The van der Waals surface area contributed by atoms with Crippen molar-refractivity contribution in [1.29, 1.82) is 0 Å². The van der Waals surface area contributed by atoms with Crippen LogP contribution in [-0.4, -0.2) is 46.1 Å². The molecule has 4 N–H and O–H groups in total. The SMILES string of the molecule is CCCCCCCCCCCCCCCCCCCCCCC/C=C/C(O)C(CO)NC(=O)CC(O)CCCCCCCCCCCCCCCCCCCCCCC. The summed E-state index contributed by atoms with van der Waals surface area (Å²) < 4.78 is 0. The van der Waals surface area contributed by atoms with Gasteiger partial charge in [-0.1, -0.05) is 289 Å². The third-order valence-electron chi connectivity index (χ3n) is 12.8. The molecule has 0 aromatic carbocycles. The fraction of sp³-hybridized carbons (Fsp3) is 0.944. The van der Waals surface area contributed by atoms with Crippen LogP contribution in [0.25, 0.3) is 0 Å². The molecule has 352 valence electrons. The third-order valence-corrected chi connectivity index (χ3v) is 12.8. The Kier molecular flexibility index (Phi) is 49.0. The number of nitrogens with one attached hydrogen (secondary N) is 1. The average molecular weight is 834 g/mol. The summed E-state index contributed by atoms with van der Waals surface area (Å²) in [5.41, 5.74) is 0. The maximum absolute atomic E-state index is 12.5. The summed E-state index contributed by atoms with van der Waals surface area (Å²) >= 11 is 0. The highest BCUT2D eigenvalue weighted by molar-refractivity contribution is 5.76. The summed E-state index contributed by atoms with van der Waals surface area (Å²) in [4.78, 5) is 12.5. The molecular formula is C54H107NO4. The lowest BCUT2D eigenvalue weighted by Gasteiger charge is -2.21. The Labute approximate surface area is 369 Å². The molecule has 0 aliphatic carbocycles. The number of hydrogen-bond donors (Lipinski definition) is 4. The van der Waals surface area contributed by atoms with Crippen LogP contribution >= 0.6 is 0 Å². The Bertz CT molecular complexity index is 833. The van der Waals surface area contributed by atoms with Gasteiger partial charge in [0.05, 0.1) is 31.3 Å². The van der Waals surface area contributed by atoms with Gasteiger partial charge in [0, 0.05) is 0 Å². The first kappa shape index (κ1) is 58.1. The van der Waals surface area contributed by atoms with Crippen molar-refractivity contribution in [3.8, 4) is 0 Å². The molecule has 0 aliphatic rings. The molecule has 5 heteroatoms. The lowest BCUT2D eigenvalue weighted by atomic mass is 10.0. The summed E-state index contributed by atoms with van der Waals surface area (Å²) in [6.45, 7) is 4.25. The van der Waals surface area contributed by atoms with E-state index in [1.54, 1.807) is 6.08 Å². The van der Waals surface area contributed by atoms with Crippen molar-refractivity contribution in [3.63, 3.8) is 0 Å². The Hall–Kier alpha value is -0.910. The van der Waals surface area contributed by atoms with Crippen LogP contribution in [0.1, 0.15) is 303 Å². The molecule has 0 fully saturated rings. The fourth-order valence-corrected chi connectivity index (χ4v) is 8.70. The van der Waals surface area contributed by atoms with Crippen LogP contribution in [0.2, 0.25) is 0 Å². The Morgan fingerprint density at radius 1 is 0.424 bits per heavy atom. The average Bonchev–Trinajstić information content (AvgIpc) is 3.23. The molecule has 1 amide bonds. The van der Waals surface area contributed by atoms with E-state index in [1.165, 1.54) is 250 Å². The van der Waals surface area contributed by atoms with Crippen LogP contribution in [0.3, 0.4) is 0 Å². The van der Waals surface area contributed by atoms with E-state index >= 15 is 0 Å². The monoisotopic (exact) mass is 834 g/mol. The standard InChI is InChI=1S/C54H107NO4/c1-3-5-7-9-11-13-15-17-19-21-23-25-26-28-30-32-34-36-38-40-42-44-46-48-53(58)52(50-56)55-54(59)49-51(57)47-45-43-41-39-37-35-33-31-29-27-24-22-20-18-16-14-12-10-8-6-4-2/h46,48,51-53,56-58H,3-45,47,49-50H2,1-2H3,(H,55,59)/b48-46+. The van der Waals surface area contributed by atoms with Crippen LogP contribution in [0.15, 0.2) is 12.2 Å². The minimum atomic E-state index is -0.926. The zero-order valence-corrected chi connectivity index (χ0v) is 40.2. The van der Waals surface area contributed by atoms with Crippen LogP contribution in [-0.2, 0) is 4.79 Å². The van der Waals surface area contributed by atoms with Crippen molar-refractivity contribution < 1.29 is 20.1 Å². The second kappa shape index (κ2) is 49.7. The molecule has 0 heterocycles. The van der Waals surface area contributed by atoms with Crippen LogP contribution < -0.4 is 5.32 Å². The molecule has 0 saturated carbocycles. The first-order valence-electron chi connectivity index (χ1n) is 27.0. The van der Waals surface area contributed by atoms with E-state index in [2.05, 4.69) is 19.2 Å². The van der Waals surface area contributed by atoms with Gasteiger partial charge in [0.2, 0.25) is 5.91 Å². The Balaban J connectivity index is 3.56. The highest BCUT2D eigenvalue weighted by atomic mass is 16.3. The molecule has 0 rings (SSSR count). The van der Waals surface area contributed by atoms with E-state index in [1.807, 2.05) is 6.08 Å². The van der Waals surface area contributed by atoms with Gasteiger partial charge in [-0.15, -0.1) is 0 Å². The van der Waals surface area contributed by atoms with Crippen molar-refractivity contribution >= 4 is 5.91 Å². The molecule has 0 aromatic rings. The summed E-state index contributed by atoms with van der Waals surface area (Å²) in [6.07, 6.45) is 61.0. The van der Waals surface area contributed by atoms with Gasteiger partial charge in [0.25, 0.3) is 0 Å². The molecule has 0 radical (unpaired) electrons. The van der Waals surface area contributed by atoms with Crippen molar-refractivity contribution in [2.75, 3.05) is 6.61 Å². The lowest BCUT2D eigenvalue weighted by Crippen LogP contribution is -2.45. The van der Waals surface area contributed by atoms with E-state index in [9.17, 15) is 20.1 Å². The van der Waals surface area contributed by atoms with E-state index in [-0.39, 0.29) is 18.9 Å². The first-order chi connectivity index (χ1) is 29.0. The van der Waals surface area contributed by atoms with E-state index < -0.39 is 18.2 Å². The molecular weight excluding hydrogens is 727 g/mol. The van der Waals surface area contributed by atoms with Gasteiger partial charge >= 0.3 is 0 Å². The van der Waals surface area contributed by atoms with Crippen molar-refractivity contribution in [2.24, 2.45) is 0 Å². The number of aliphatic hydroxyl groups excluding tert-OH is 3. The van der Waals surface area contributed by atoms with Crippen molar-refractivity contribution in [1.82, 2.24) is 5.32 Å². The number of unbranched alkanes of at least 4 members (excludes halogenated alkanes) is 41. The summed E-state index contributed by atoms with van der Waals surface area (Å²) in [5, 5.41) is 33.4. The fourth-order valence-electron chi connectivity index (χ4n) is 8.70. The maximum Gasteiger partial charge on any atom is 0.222 e. The Morgan fingerprint density at radius 2 is 0.695 bits per heavy atom. The quantitative estimate of drug-likeness (QED) is 0.0363. The highest BCUT2D eigenvalue weighted by Gasteiger charge is 2.20. The van der Waals surface area contributed by atoms with Gasteiger partial charge in [0.1, 0.15) is 0 Å². The first-order valence-corrected chi connectivity index (χ1v) is 27.0. The van der Waals surface area contributed by atoms with Crippen molar-refractivity contribution in [3.05, 3.63) is 12.2 Å². The zero-order chi connectivity index (χ0) is 43.0. The number of rotatable bonds is 50. The van der Waals surface area contributed by atoms with Gasteiger partial charge < -0.3 is 20.6 Å². The van der Waals surface area contributed by atoms with Gasteiger partial charge in [0.15, 0.2) is 0 Å². The second-order valence-electron chi connectivity index (χ2n) is 18.9. The molecule has 3 atom stereocenters. The van der Waals surface area contributed by atoms with Crippen LogP contribution in [0, 0.1) is 0 Å². The Morgan fingerprint density at radius 3 is 0.983 bits per heavy atom. The molecule has 0 saturated heterocycles. The minimum Gasteiger partial charge on any atom is -0.394 e. The molecule has 3 unspecified atom stereocenters. The van der Waals surface area contributed by atoms with Gasteiger partial charge in [-0.2, -0.15) is 0 Å². The van der Waals surface area contributed by atoms with E-state index in [0.717, 1.165) is 25.7 Å². The van der Waals surface area contributed by atoms with Gasteiger partial charge in [-0.3, -0.25) is 4.79 Å². The number of carbonyl (C=O) groups is 1. The largest absolute Gasteiger partial charge is 0.394 e. The summed E-state index contributed by atoms with van der Waals surface area (Å²) in [6, 6.07) is -0.741. The number of hydrogen-bond acceptors (Lipinski definition) is 4. The zero-order valence-electron chi connectivity index (χ0n) is 40.2. The molecule has 5 nitrogen and oxygen atoms in total. The number of amides is 1. The molecule has 59 heavy (non-hydrogen) atoms. The smallest absolute Gasteiger partial charge is 0.222 e. The van der Waals surface area contributed by atoms with E-state index in [4.69, 9.17) is 0 Å². The summed E-state index contributed by atoms with van der Waals surface area (Å²) in [7, 11) is 0.